The van der Waals surface area contributed by atoms with Crippen LogP contribution in [0.4, 0.5) is 0 Å². The molecule has 0 unspecified atom stereocenters. The number of phenolic OH excluding ortho intramolecular Hbond substituents is 1. The van der Waals surface area contributed by atoms with E-state index in [1.165, 1.54) is 0 Å². The average Bonchev–Trinajstić information content (AvgIpc) is 3.30. The van der Waals surface area contributed by atoms with Gasteiger partial charge in [0.2, 0.25) is 0 Å². The minimum absolute atomic E-state index is 0. The summed E-state index contributed by atoms with van der Waals surface area (Å²) in [7, 11) is 9.78. The predicted octanol–water partition coefficient (Wildman–Crippen LogP) is 9.66. The van der Waals surface area contributed by atoms with E-state index in [4.69, 9.17) is 18.6 Å². The fourth-order valence-electron chi connectivity index (χ4n) is 2.59. The van der Waals surface area contributed by atoms with Crippen molar-refractivity contribution in [3.63, 3.8) is 0 Å². The number of hydrogen-bond donors (Lipinski definition) is 1. The first kappa shape index (κ1) is 37.5. The van der Waals surface area contributed by atoms with E-state index in [0.717, 1.165) is 28.7 Å². The second kappa shape index (κ2) is 22.4. The van der Waals surface area contributed by atoms with Crippen LogP contribution in [-0.2, 0) is 17.0 Å². The Bertz CT molecular complexity index is 795. The van der Waals surface area contributed by atoms with Gasteiger partial charge in [0.15, 0.2) is 0 Å². The third-order valence-corrected chi connectivity index (χ3v) is 3.79. The fraction of sp³-hybridized carbons (Fsp3) is 0.0357. The molecule has 176 valence electrons. The Hall–Kier alpha value is -1.77. The number of allylic oxidation sites excluding steroid dienone is 4. The van der Waals surface area contributed by atoms with Gasteiger partial charge in [-0.05, 0) is 11.1 Å². The molecule has 1 N–H and O–H groups in total. The molecule has 0 bridgehead atoms. The van der Waals surface area contributed by atoms with Crippen molar-refractivity contribution in [3.05, 3.63) is 140 Å². The third-order valence-electron chi connectivity index (χ3n) is 3.79. The van der Waals surface area contributed by atoms with Crippen molar-refractivity contribution in [2.45, 2.75) is 6.42 Å². The van der Waals surface area contributed by atoms with Crippen LogP contribution >= 0.6 is 18.6 Å². The molecular formula is C28H34Cl2OTi-6. The molecule has 1 aliphatic carbocycles. The summed E-state index contributed by atoms with van der Waals surface area (Å²) in [5, 5.41) is 10.5. The molecule has 0 fully saturated rings. The molecule has 32 heavy (non-hydrogen) atoms. The van der Waals surface area contributed by atoms with E-state index in [1.807, 2.05) is 91.0 Å². The number of benzene rings is 3. The van der Waals surface area contributed by atoms with Gasteiger partial charge >= 0.3 is 35.6 Å². The second-order valence-electron chi connectivity index (χ2n) is 5.51. The topological polar surface area (TPSA) is 20.2 Å². The van der Waals surface area contributed by atoms with Crippen molar-refractivity contribution in [2.75, 3.05) is 0 Å². The first-order chi connectivity index (χ1) is 13.3. The van der Waals surface area contributed by atoms with Gasteiger partial charge in [-0.2, -0.15) is 6.08 Å². The van der Waals surface area contributed by atoms with Gasteiger partial charge in [0.05, 0.1) is 0 Å². The Labute approximate surface area is 214 Å². The van der Waals surface area contributed by atoms with Crippen LogP contribution in [0.5, 0.6) is 5.75 Å². The van der Waals surface area contributed by atoms with Gasteiger partial charge in [-0.15, -0.1) is 6.42 Å². The summed E-state index contributed by atoms with van der Waals surface area (Å²) in [5.41, 5.74) is 3.78. The van der Waals surface area contributed by atoms with Gasteiger partial charge in [-0.1, -0.05) is 78.9 Å². The van der Waals surface area contributed by atoms with Crippen molar-refractivity contribution in [3.8, 4) is 28.0 Å². The quantitative estimate of drug-likeness (QED) is 0.272. The average molecular weight is 505 g/mol. The zero-order valence-electron chi connectivity index (χ0n) is 19.6. The fourth-order valence-corrected chi connectivity index (χ4v) is 2.59. The zero-order valence-corrected chi connectivity index (χ0v) is 22.7. The molecule has 4 rings (SSSR count). The van der Waals surface area contributed by atoms with Crippen molar-refractivity contribution in [1.29, 1.82) is 0 Å². The maximum absolute atomic E-state index is 10.5. The summed E-state index contributed by atoms with van der Waals surface area (Å²) >= 11 is -0.556. The molecular weight excluding hydrogens is 471 g/mol. The molecule has 0 spiro atoms. The van der Waals surface area contributed by atoms with Crippen molar-refractivity contribution in [2.24, 2.45) is 0 Å². The van der Waals surface area contributed by atoms with Crippen molar-refractivity contribution >= 4 is 18.6 Å². The first-order valence-corrected chi connectivity index (χ1v) is 12.7. The van der Waals surface area contributed by atoms with Crippen LogP contribution in [0.1, 0.15) is 6.42 Å². The summed E-state index contributed by atoms with van der Waals surface area (Å²) < 4.78 is 0. The normalized spacial score (nSPS) is 9.31. The molecule has 0 aliphatic heterocycles. The minimum atomic E-state index is -0.556. The summed E-state index contributed by atoms with van der Waals surface area (Å²) in [4.78, 5) is 0. The Morgan fingerprint density at radius 1 is 0.656 bits per heavy atom. The van der Waals surface area contributed by atoms with Crippen LogP contribution < -0.4 is 0 Å². The third kappa shape index (κ3) is 12.3. The summed E-state index contributed by atoms with van der Waals surface area (Å²) in [6.07, 6.45) is 10.0. The van der Waals surface area contributed by atoms with E-state index in [-0.39, 0.29) is 37.1 Å². The first-order valence-electron chi connectivity index (χ1n) is 8.38. The Morgan fingerprint density at radius 2 is 1.06 bits per heavy atom. The standard InChI is InChI=1S/C18H14O.C5H5.5CH3.2ClH.Ti/c19-18-16(14-8-3-1-4-9-14)12-7-13-17(18)15-10-5-2-6-11-15;1-2-4-5-3-1;;;;;;;;/h1-13,19H;1-3H,4H2;5*1H3;2*1H;/q;6*-1;;;+2/p-2. The number of para-hydroxylation sites is 1. The molecule has 0 saturated carbocycles. The molecule has 0 amide bonds. The van der Waals surface area contributed by atoms with Crippen molar-refractivity contribution in [1.82, 2.24) is 0 Å². The second-order valence-corrected chi connectivity index (χ2v) is 8.09. The van der Waals surface area contributed by atoms with E-state index in [1.54, 1.807) is 0 Å². The monoisotopic (exact) mass is 504 g/mol. The van der Waals surface area contributed by atoms with Gasteiger partial charge in [0, 0.05) is 11.1 Å². The van der Waals surface area contributed by atoms with Gasteiger partial charge in [0.1, 0.15) is 5.75 Å². The summed E-state index contributed by atoms with van der Waals surface area (Å²) in [5.74, 6) is 0.333. The van der Waals surface area contributed by atoms with Gasteiger partial charge in [-0.25, -0.2) is 12.2 Å². The number of aromatic hydroxyl groups is 1. The summed E-state index contributed by atoms with van der Waals surface area (Å²) in [6.45, 7) is 0. The number of hydrogen-bond acceptors (Lipinski definition) is 1. The van der Waals surface area contributed by atoms with E-state index in [9.17, 15) is 5.11 Å². The maximum atomic E-state index is 10.5. The van der Waals surface area contributed by atoms with Gasteiger partial charge in [-0.3, -0.25) is 6.08 Å². The van der Waals surface area contributed by atoms with E-state index >= 15 is 0 Å². The van der Waals surface area contributed by atoms with Crippen LogP contribution in [0.2, 0.25) is 0 Å². The number of rotatable bonds is 2. The molecule has 1 aliphatic rings. The van der Waals surface area contributed by atoms with Crippen LogP contribution in [0.15, 0.2) is 97.1 Å². The Balaban J connectivity index is -0.000000262. The van der Waals surface area contributed by atoms with Gasteiger partial charge in [0.25, 0.3) is 0 Å². The predicted molar refractivity (Wildman–Crippen MR) is 144 cm³/mol. The van der Waals surface area contributed by atoms with Crippen LogP contribution in [-0.4, -0.2) is 5.11 Å². The molecule has 3 aromatic carbocycles. The van der Waals surface area contributed by atoms with Gasteiger partial charge < -0.3 is 42.2 Å². The molecule has 4 heteroatoms. The SMILES string of the molecule is Oc1c(-c2ccccc2)cccc1-c1ccccc1.[C-]1=CC=CC1.[CH3-].[CH3-].[CH3-].[CH3-].[CH3-].[Cl][Ti][Cl]. The number of phenols is 1. The Morgan fingerprint density at radius 3 is 1.34 bits per heavy atom. The Kier molecular flexibility index (Phi) is 26.3. The zero-order chi connectivity index (χ0) is 19.3. The summed E-state index contributed by atoms with van der Waals surface area (Å²) in [6, 6.07) is 25.7. The van der Waals surface area contributed by atoms with Crippen molar-refractivity contribution < 1.29 is 22.1 Å². The van der Waals surface area contributed by atoms with E-state index in [2.05, 4.69) is 12.2 Å². The molecule has 3 aromatic rings. The van der Waals surface area contributed by atoms with Crippen LogP contribution in [0.3, 0.4) is 0 Å². The molecule has 0 aromatic heterocycles. The molecule has 0 atom stereocenters. The molecule has 0 radical (unpaired) electrons. The van der Waals surface area contributed by atoms with E-state index in [0.29, 0.717) is 5.75 Å². The molecule has 1 nitrogen and oxygen atoms in total. The van der Waals surface area contributed by atoms with E-state index < -0.39 is 17.0 Å². The molecule has 0 saturated heterocycles. The molecule has 0 heterocycles. The van der Waals surface area contributed by atoms with Crippen LogP contribution in [0.25, 0.3) is 22.3 Å². The number of halogens is 2. The van der Waals surface area contributed by atoms with Crippen LogP contribution in [0, 0.1) is 43.2 Å².